The molecule has 0 spiro atoms. The number of fused-ring (bicyclic) bond motifs is 1. The first kappa shape index (κ1) is 15.9. The summed E-state index contributed by atoms with van der Waals surface area (Å²) >= 11 is 0. The first-order valence-corrected chi connectivity index (χ1v) is 7.43. The van der Waals surface area contributed by atoms with Crippen LogP contribution in [0.2, 0.25) is 0 Å². The van der Waals surface area contributed by atoms with Crippen molar-refractivity contribution in [2.75, 3.05) is 6.79 Å². The highest BCUT2D eigenvalue weighted by Crippen LogP contribution is 2.34. The minimum absolute atomic E-state index is 0.254. The van der Waals surface area contributed by atoms with Gasteiger partial charge < -0.3 is 9.47 Å². The van der Waals surface area contributed by atoms with Crippen molar-refractivity contribution in [2.45, 2.75) is 20.0 Å². The van der Waals surface area contributed by atoms with Crippen LogP contribution in [-0.2, 0) is 13.1 Å². The molecule has 3 rings (SSSR count). The molecule has 2 N–H and O–H groups in total. The number of nitrogens with one attached hydrogen (secondary N) is 1. The zero-order valence-electron chi connectivity index (χ0n) is 13.2. The van der Waals surface area contributed by atoms with E-state index in [0.717, 1.165) is 28.2 Å². The average Bonchev–Trinajstić information content (AvgIpc) is 3.05. The van der Waals surface area contributed by atoms with Crippen LogP contribution in [0.3, 0.4) is 0 Å². The highest BCUT2D eigenvalue weighted by molar-refractivity contribution is 5.93. The van der Waals surface area contributed by atoms with Gasteiger partial charge in [-0.1, -0.05) is 12.1 Å². The number of ether oxygens (including phenoxy) is 2. The number of azo groups is 1. The molecule has 0 aliphatic carbocycles. The lowest BCUT2D eigenvalue weighted by Crippen LogP contribution is -2.18. The summed E-state index contributed by atoms with van der Waals surface area (Å²) in [6.45, 7) is 3.14. The molecule has 2 aromatic carbocycles. The zero-order chi connectivity index (χ0) is 16.9. The van der Waals surface area contributed by atoms with E-state index in [9.17, 15) is 4.79 Å². The van der Waals surface area contributed by atoms with E-state index in [4.69, 9.17) is 14.7 Å². The van der Waals surface area contributed by atoms with Crippen molar-refractivity contribution in [3.8, 4) is 11.5 Å². The molecule has 0 aromatic heterocycles. The predicted octanol–water partition coefficient (Wildman–Crippen LogP) is 3.00. The summed E-state index contributed by atoms with van der Waals surface area (Å²) in [6.07, 6.45) is 0. The number of nitrogens with zero attached hydrogens (tertiary/aromatic N) is 2. The molecule has 24 heavy (non-hydrogen) atoms. The summed E-state index contributed by atoms with van der Waals surface area (Å²) in [5.74, 6) is 0.963. The van der Waals surface area contributed by atoms with Crippen LogP contribution in [0.1, 0.15) is 27.0 Å². The van der Waals surface area contributed by atoms with E-state index in [-0.39, 0.29) is 6.79 Å². The SMILES string of the molecule is Cc1cc2c(cc1CN=NCc1ccc(C(=O)NO)cc1)OCO2. The predicted molar refractivity (Wildman–Crippen MR) is 85.3 cm³/mol. The summed E-state index contributed by atoms with van der Waals surface area (Å²) in [7, 11) is 0. The summed E-state index contributed by atoms with van der Waals surface area (Å²) in [4.78, 5) is 11.2. The molecule has 1 aliphatic heterocycles. The van der Waals surface area contributed by atoms with Crippen LogP contribution in [0.4, 0.5) is 0 Å². The molecule has 0 saturated carbocycles. The molecule has 7 nitrogen and oxygen atoms in total. The number of rotatable bonds is 5. The first-order chi connectivity index (χ1) is 11.7. The number of benzene rings is 2. The fraction of sp³-hybridized carbons (Fsp3) is 0.235. The number of amides is 1. The molecule has 0 saturated heterocycles. The summed E-state index contributed by atoms with van der Waals surface area (Å²) in [5, 5.41) is 16.9. The van der Waals surface area contributed by atoms with Gasteiger partial charge in [-0.15, -0.1) is 0 Å². The molecule has 2 aromatic rings. The first-order valence-electron chi connectivity index (χ1n) is 7.43. The summed E-state index contributed by atoms with van der Waals surface area (Å²) < 4.78 is 10.7. The maximum absolute atomic E-state index is 11.2. The van der Waals surface area contributed by atoms with Gasteiger partial charge in [0.1, 0.15) is 0 Å². The lowest BCUT2D eigenvalue weighted by molar-refractivity contribution is 0.0706. The third kappa shape index (κ3) is 3.52. The second-order valence-electron chi connectivity index (χ2n) is 5.37. The van der Waals surface area contributed by atoms with Crippen molar-refractivity contribution in [3.05, 3.63) is 58.7 Å². The van der Waals surface area contributed by atoms with E-state index in [2.05, 4.69) is 10.2 Å². The van der Waals surface area contributed by atoms with Crippen LogP contribution in [0, 0.1) is 6.92 Å². The van der Waals surface area contributed by atoms with Crippen LogP contribution >= 0.6 is 0 Å². The Morgan fingerprint density at radius 3 is 2.50 bits per heavy atom. The van der Waals surface area contributed by atoms with E-state index in [1.54, 1.807) is 29.7 Å². The van der Waals surface area contributed by atoms with Crippen molar-refractivity contribution in [3.63, 3.8) is 0 Å². The van der Waals surface area contributed by atoms with Gasteiger partial charge in [0.15, 0.2) is 11.5 Å². The lowest BCUT2D eigenvalue weighted by Gasteiger charge is -2.04. The molecule has 124 valence electrons. The maximum Gasteiger partial charge on any atom is 0.274 e. The Kier molecular flexibility index (Phi) is 4.72. The second-order valence-corrected chi connectivity index (χ2v) is 5.37. The number of carbonyl (C=O) groups is 1. The normalized spacial score (nSPS) is 12.6. The van der Waals surface area contributed by atoms with E-state index < -0.39 is 5.91 Å². The van der Waals surface area contributed by atoms with E-state index in [1.165, 1.54) is 0 Å². The standard InChI is InChI=1S/C17H17N3O4/c1-11-6-15-16(24-10-23-15)7-14(11)9-19-18-8-12-2-4-13(5-3-12)17(21)20-22/h2-7,22H,8-10H2,1H3,(H,20,21). The molecule has 7 heteroatoms. The monoisotopic (exact) mass is 327 g/mol. The van der Waals surface area contributed by atoms with E-state index in [1.807, 2.05) is 19.1 Å². The van der Waals surface area contributed by atoms with Gasteiger partial charge in [0.2, 0.25) is 6.79 Å². The minimum Gasteiger partial charge on any atom is -0.454 e. The Labute approximate surface area is 138 Å². The zero-order valence-corrected chi connectivity index (χ0v) is 13.2. The van der Waals surface area contributed by atoms with Crippen LogP contribution in [0.5, 0.6) is 11.5 Å². The third-order valence-electron chi connectivity index (χ3n) is 3.74. The number of hydroxylamine groups is 1. The Hall–Kier alpha value is -2.93. The lowest BCUT2D eigenvalue weighted by atomic mass is 10.1. The fourth-order valence-electron chi connectivity index (χ4n) is 2.34. The van der Waals surface area contributed by atoms with Crippen molar-refractivity contribution in [1.29, 1.82) is 0 Å². The van der Waals surface area contributed by atoms with Gasteiger partial charge in [-0.2, -0.15) is 10.2 Å². The average molecular weight is 327 g/mol. The Bertz CT molecular complexity index is 772. The Balaban J connectivity index is 1.58. The van der Waals surface area contributed by atoms with Crippen LogP contribution in [0.25, 0.3) is 0 Å². The van der Waals surface area contributed by atoms with Gasteiger partial charge in [-0.3, -0.25) is 10.0 Å². The van der Waals surface area contributed by atoms with Crippen molar-refractivity contribution in [1.82, 2.24) is 5.48 Å². The molecule has 0 radical (unpaired) electrons. The van der Waals surface area contributed by atoms with Gasteiger partial charge in [0.05, 0.1) is 13.1 Å². The van der Waals surface area contributed by atoms with Gasteiger partial charge in [-0.25, -0.2) is 5.48 Å². The maximum atomic E-state index is 11.2. The fourth-order valence-corrected chi connectivity index (χ4v) is 2.34. The molecule has 0 bridgehead atoms. The van der Waals surface area contributed by atoms with Crippen LogP contribution < -0.4 is 15.0 Å². The molecule has 1 amide bonds. The second kappa shape index (κ2) is 7.10. The van der Waals surface area contributed by atoms with Crippen LogP contribution in [0.15, 0.2) is 46.6 Å². The summed E-state index contributed by atoms with van der Waals surface area (Å²) in [6, 6.07) is 10.7. The number of hydrogen-bond donors (Lipinski definition) is 2. The number of aryl methyl sites for hydroxylation is 1. The molecule has 0 atom stereocenters. The van der Waals surface area contributed by atoms with Crippen molar-refractivity contribution >= 4 is 5.91 Å². The number of hydrogen-bond acceptors (Lipinski definition) is 6. The smallest absolute Gasteiger partial charge is 0.274 e. The minimum atomic E-state index is -0.540. The van der Waals surface area contributed by atoms with Crippen molar-refractivity contribution in [2.24, 2.45) is 10.2 Å². The van der Waals surface area contributed by atoms with Crippen LogP contribution in [-0.4, -0.2) is 17.9 Å². The highest BCUT2D eigenvalue weighted by atomic mass is 16.7. The van der Waals surface area contributed by atoms with Gasteiger partial charge in [0.25, 0.3) is 5.91 Å². The Morgan fingerprint density at radius 1 is 1.12 bits per heavy atom. The highest BCUT2D eigenvalue weighted by Gasteiger charge is 2.15. The van der Waals surface area contributed by atoms with Crippen molar-refractivity contribution < 1.29 is 19.5 Å². The van der Waals surface area contributed by atoms with Gasteiger partial charge >= 0.3 is 0 Å². The van der Waals surface area contributed by atoms with Gasteiger partial charge in [-0.05, 0) is 47.9 Å². The molecule has 0 unspecified atom stereocenters. The third-order valence-corrected chi connectivity index (χ3v) is 3.74. The van der Waals surface area contributed by atoms with Gasteiger partial charge in [0, 0.05) is 5.56 Å². The largest absolute Gasteiger partial charge is 0.454 e. The molecule has 0 fully saturated rings. The van der Waals surface area contributed by atoms with E-state index in [0.29, 0.717) is 18.7 Å². The molecular formula is C17H17N3O4. The summed E-state index contributed by atoms with van der Waals surface area (Å²) in [5.41, 5.74) is 5.03. The molecule has 1 aliphatic rings. The molecule has 1 heterocycles. The molecular weight excluding hydrogens is 310 g/mol. The topological polar surface area (TPSA) is 92.5 Å². The number of carbonyl (C=O) groups excluding carboxylic acids is 1. The quantitative estimate of drug-likeness (QED) is 0.501. The Morgan fingerprint density at radius 2 is 1.79 bits per heavy atom. The van der Waals surface area contributed by atoms with E-state index >= 15 is 0 Å².